The molecule has 6 heteroatoms. The van der Waals surface area contributed by atoms with E-state index in [1.54, 1.807) is 38.1 Å². The van der Waals surface area contributed by atoms with Crippen molar-refractivity contribution in [1.82, 2.24) is 0 Å². The molecule has 0 spiro atoms. The van der Waals surface area contributed by atoms with E-state index >= 15 is 0 Å². The fraction of sp³-hybridized carbons (Fsp3) is 0.333. The van der Waals surface area contributed by atoms with Gasteiger partial charge in [0.1, 0.15) is 5.60 Å². The third kappa shape index (κ3) is 3.64. The van der Waals surface area contributed by atoms with Gasteiger partial charge in [-0.2, -0.15) is 11.3 Å². The molecule has 0 saturated carbocycles. The molecule has 1 heterocycles. The summed E-state index contributed by atoms with van der Waals surface area (Å²) in [4.78, 5) is 0.272. The Bertz CT molecular complexity index is 691. The maximum atomic E-state index is 12.1. The Kier molecular flexibility index (Phi) is 4.70. The van der Waals surface area contributed by atoms with Crippen LogP contribution in [0.15, 0.2) is 46.0 Å². The Morgan fingerprint density at radius 1 is 1.29 bits per heavy atom. The minimum absolute atomic E-state index is 0.0482. The molecule has 1 aromatic heterocycles. The van der Waals surface area contributed by atoms with Crippen molar-refractivity contribution in [3.63, 3.8) is 0 Å². The van der Waals surface area contributed by atoms with Crippen LogP contribution in [0.2, 0.25) is 0 Å². The topological polar surface area (TPSA) is 66.4 Å². The van der Waals surface area contributed by atoms with Crippen LogP contribution >= 0.6 is 11.3 Å². The molecule has 21 heavy (non-hydrogen) atoms. The summed E-state index contributed by atoms with van der Waals surface area (Å²) in [7, 11) is -3.29. The first-order valence-corrected chi connectivity index (χ1v) is 9.27. The maximum Gasteiger partial charge on any atom is 0.180 e. The Balaban J connectivity index is 2.22. The standard InChI is InChI=1S/C15H19NO3S2/c1-3-21(18,19)14-7-5-4-6-13(14)16-11-15(2,17)12-8-9-20-10-12/h4-10,16-17H,3,11H2,1-2H3. The SMILES string of the molecule is CCS(=O)(=O)c1ccccc1NCC(C)(O)c1ccsc1. The van der Waals surface area contributed by atoms with E-state index in [-0.39, 0.29) is 17.2 Å². The molecule has 0 aliphatic rings. The van der Waals surface area contributed by atoms with Gasteiger partial charge in [0, 0.05) is 6.54 Å². The van der Waals surface area contributed by atoms with Gasteiger partial charge >= 0.3 is 0 Å². The number of nitrogens with one attached hydrogen (secondary N) is 1. The van der Waals surface area contributed by atoms with Gasteiger partial charge in [0.25, 0.3) is 0 Å². The van der Waals surface area contributed by atoms with Gasteiger partial charge in [0.05, 0.1) is 16.3 Å². The molecule has 1 atom stereocenters. The number of benzene rings is 1. The van der Waals surface area contributed by atoms with Gasteiger partial charge < -0.3 is 10.4 Å². The van der Waals surface area contributed by atoms with Crippen LogP contribution in [0.3, 0.4) is 0 Å². The Morgan fingerprint density at radius 2 is 2.00 bits per heavy atom. The summed E-state index contributed by atoms with van der Waals surface area (Å²) in [6.07, 6.45) is 0. The first kappa shape index (κ1) is 16.0. The lowest BCUT2D eigenvalue weighted by atomic mass is 9.99. The van der Waals surface area contributed by atoms with Gasteiger partial charge in [-0.1, -0.05) is 19.1 Å². The molecule has 0 radical (unpaired) electrons. The molecule has 4 nitrogen and oxygen atoms in total. The second kappa shape index (κ2) is 6.17. The average Bonchev–Trinajstić information content (AvgIpc) is 3.00. The highest BCUT2D eigenvalue weighted by atomic mass is 32.2. The van der Waals surface area contributed by atoms with Gasteiger partial charge in [-0.15, -0.1) is 0 Å². The highest BCUT2D eigenvalue weighted by Gasteiger charge is 2.24. The van der Waals surface area contributed by atoms with E-state index in [4.69, 9.17) is 0 Å². The first-order valence-electron chi connectivity index (χ1n) is 6.67. The zero-order chi connectivity index (χ0) is 15.5. The number of aliphatic hydroxyl groups is 1. The third-order valence-corrected chi connectivity index (χ3v) is 5.84. The van der Waals surface area contributed by atoms with Gasteiger partial charge in [-0.25, -0.2) is 8.42 Å². The lowest BCUT2D eigenvalue weighted by Gasteiger charge is -2.24. The monoisotopic (exact) mass is 325 g/mol. The average molecular weight is 325 g/mol. The van der Waals surface area contributed by atoms with Crippen LogP contribution in [-0.4, -0.2) is 25.8 Å². The van der Waals surface area contributed by atoms with Gasteiger partial charge in [-0.3, -0.25) is 0 Å². The predicted octanol–water partition coefficient (Wildman–Crippen LogP) is 2.86. The van der Waals surface area contributed by atoms with Crippen molar-refractivity contribution in [2.45, 2.75) is 24.3 Å². The normalized spacial score (nSPS) is 14.6. The van der Waals surface area contributed by atoms with Crippen molar-refractivity contribution < 1.29 is 13.5 Å². The Labute approximate surface area is 129 Å². The van der Waals surface area contributed by atoms with Crippen molar-refractivity contribution in [1.29, 1.82) is 0 Å². The molecule has 0 amide bonds. The molecule has 1 aromatic carbocycles. The third-order valence-electron chi connectivity index (χ3n) is 3.37. The van der Waals surface area contributed by atoms with Crippen molar-refractivity contribution in [2.75, 3.05) is 17.6 Å². The number of rotatable bonds is 6. The number of anilines is 1. The van der Waals surface area contributed by atoms with Crippen LogP contribution in [0.5, 0.6) is 0 Å². The highest BCUT2D eigenvalue weighted by Crippen LogP contribution is 2.26. The van der Waals surface area contributed by atoms with Gasteiger partial charge in [0.2, 0.25) is 0 Å². The molecule has 0 aliphatic carbocycles. The smallest absolute Gasteiger partial charge is 0.180 e. The molecule has 0 aliphatic heterocycles. The van der Waals surface area contributed by atoms with E-state index < -0.39 is 15.4 Å². The zero-order valence-corrected chi connectivity index (χ0v) is 13.7. The maximum absolute atomic E-state index is 12.1. The number of thiophene rings is 1. The summed E-state index contributed by atoms with van der Waals surface area (Å²) in [6.45, 7) is 3.56. The van der Waals surface area contributed by atoms with Crippen LogP contribution in [-0.2, 0) is 15.4 Å². The van der Waals surface area contributed by atoms with Crippen molar-refractivity contribution in [3.8, 4) is 0 Å². The second-order valence-electron chi connectivity index (χ2n) is 5.04. The summed E-state index contributed by atoms with van der Waals surface area (Å²) in [6, 6.07) is 8.63. The highest BCUT2D eigenvalue weighted by molar-refractivity contribution is 7.91. The molecular formula is C15H19NO3S2. The van der Waals surface area contributed by atoms with Crippen molar-refractivity contribution in [2.24, 2.45) is 0 Å². The van der Waals surface area contributed by atoms with Crippen LogP contribution in [0.4, 0.5) is 5.69 Å². The summed E-state index contributed by atoms with van der Waals surface area (Å²) in [5.41, 5.74) is 0.286. The van der Waals surface area contributed by atoms with Crippen LogP contribution < -0.4 is 5.32 Å². The summed E-state index contributed by atoms with van der Waals surface area (Å²) in [5.74, 6) is 0.0482. The molecular weight excluding hydrogens is 306 g/mol. The fourth-order valence-electron chi connectivity index (χ4n) is 1.98. The molecule has 2 rings (SSSR count). The lowest BCUT2D eigenvalue weighted by Crippen LogP contribution is -2.30. The van der Waals surface area contributed by atoms with E-state index in [2.05, 4.69) is 5.32 Å². The summed E-state index contributed by atoms with van der Waals surface area (Å²) >= 11 is 1.52. The van der Waals surface area contributed by atoms with E-state index in [1.807, 2.05) is 16.8 Å². The zero-order valence-electron chi connectivity index (χ0n) is 12.0. The van der Waals surface area contributed by atoms with Crippen molar-refractivity contribution >= 4 is 26.9 Å². The minimum atomic E-state index is -3.29. The Hall–Kier alpha value is -1.37. The number of sulfone groups is 1. The predicted molar refractivity (Wildman–Crippen MR) is 86.5 cm³/mol. The van der Waals surface area contributed by atoms with Gasteiger partial charge in [-0.05, 0) is 41.4 Å². The molecule has 0 bridgehead atoms. The van der Waals surface area contributed by atoms with Crippen LogP contribution in [0.1, 0.15) is 19.4 Å². The van der Waals surface area contributed by atoms with E-state index in [0.29, 0.717) is 5.69 Å². The molecule has 2 N–H and O–H groups in total. The molecule has 2 aromatic rings. The van der Waals surface area contributed by atoms with E-state index in [9.17, 15) is 13.5 Å². The second-order valence-corrected chi connectivity index (χ2v) is 8.07. The Morgan fingerprint density at radius 3 is 2.62 bits per heavy atom. The van der Waals surface area contributed by atoms with Gasteiger partial charge in [0.15, 0.2) is 9.84 Å². The van der Waals surface area contributed by atoms with Crippen molar-refractivity contribution in [3.05, 3.63) is 46.7 Å². The molecule has 0 saturated heterocycles. The lowest BCUT2D eigenvalue weighted by molar-refractivity contribution is 0.0719. The molecule has 0 fully saturated rings. The van der Waals surface area contributed by atoms with E-state index in [1.165, 1.54) is 11.3 Å². The first-order chi connectivity index (χ1) is 9.87. The summed E-state index contributed by atoms with van der Waals surface area (Å²) in [5, 5.41) is 17.3. The molecule has 1 unspecified atom stereocenters. The van der Waals surface area contributed by atoms with Crippen LogP contribution in [0, 0.1) is 0 Å². The molecule has 114 valence electrons. The summed E-state index contributed by atoms with van der Waals surface area (Å²) < 4.78 is 24.1. The number of hydrogen-bond acceptors (Lipinski definition) is 5. The van der Waals surface area contributed by atoms with E-state index in [0.717, 1.165) is 5.56 Å². The quantitative estimate of drug-likeness (QED) is 0.857. The fourth-order valence-corrected chi connectivity index (χ4v) is 3.83. The number of hydrogen-bond donors (Lipinski definition) is 2. The number of para-hydroxylation sites is 1. The largest absolute Gasteiger partial charge is 0.384 e. The minimum Gasteiger partial charge on any atom is -0.384 e. The van der Waals surface area contributed by atoms with Crippen LogP contribution in [0.25, 0.3) is 0 Å².